The predicted octanol–water partition coefficient (Wildman–Crippen LogP) is 7.85. The van der Waals surface area contributed by atoms with Gasteiger partial charge in [0.2, 0.25) is 0 Å². The van der Waals surface area contributed by atoms with Gasteiger partial charge in [-0.1, -0.05) is 54.6 Å². The van der Waals surface area contributed by atoms with Crippen LogP contribution in [0.3, 0.4) is 0 Å². The molecule has 210 valence electrons. The van der Waals surface area contributed by atoms with E-state index in [1.54, 1.807) is 24.3 Å². The average molecular weight is 565 g/mol. The van der Waals surface area contributed by atoms with Crippen LogP contribution in [0.1, 0.15) is 23.6 Å². The van der Waals surface area contributed by atoms with E-state index >= 15 is 0 Å². The molecule has 0 spiro atoms. The molecule has 0 radical (unpaired) electrons. The molecule has 0 atom stereocenters. The Labute approximate surface area is 240 Å². The highest BCUT2D eigenvalue weighted by atomic mass is 16.6. The lowest BCUT2D eigenvalue weighted by atomic mass is 9.71. The first-order valence-corrected chi connectivity index (χ1v) is 12.7. The van der Waals surface area contributed by atoms with Crippen LogP contribution in [0.5, 0.6) is 34.5 Å². The number of nitro groups is 2. The molecule has 10 nitrogen and oxygen atoms in total. The summed E-state index contributed by atoms with van der Waals surface area (Å²) in [5.74, 6) is 0.518. The van der Waals surface area contributed by atoms with Gasteiger partial charge in [-0.25, -0.2) is 0 Å². The van der Waals surface area contributed by atoms with Crippen molar-refractivity contribution in [2.24, 2.45) is 0 Å². The van der Waals surface area contributed by atoms with Crippen LogP contribution in [0.2, 0.25) is 0 Å². The van der Waals surface area contributed by atoms with Crippen LogP contribution in [0.4, 0.5) is 11.4 Å². The van der Waals surface area contributed by atoms with E-state index in [-0.39, 0.29) is 11.5 Å². The third-order valence-electron chi connectivity index (χ3n) is 6.97. The SMILES string of the molecule is CC(c1ccccc1)(c1ccc(Oc2ccc([N+](=O)[O-])c(O)c2)cc1)c1ccc(Oc2ccc([N+](=O)[O-])c(O)c2)cc1. The van der Waals surface area contributed by atoms with Gasteiger partial charge < -0.3 is 19.7 Å². The van der Waals surface area contributed by atoms with Crippen molar-refractivity contribution in [3.63, 3.8) is 0 Å². The Balaban J connectivity index is 1.42. The maximum absolute atomic E-state index is 11.0. The number of ether oxygens (including phenoxy) is 2. The summed E-state index contributed by atoms with van der Waals surface area (Å²) < 4.78 is 11.6. The minimum Gasteiger partial charge on any atom is -0.502 e. The molecule has 0 heterocycles. The first-order valence-electron chi connectivity index (χ1n) is 12.7. The minimum absolute atomic E-state index is 0.258. The summed E-state index contributed by atoms with van der Waals surface area (Å²) in [4.78, 5) is 20.6. The van der Waals surface area contributed by atoms with Gasteiger partial charge in [0.1, 0.15) is 23.0 Å². The second kappa shape index (κ2) is 11.3. The van der Waals surface area contributed by atoms with Crippen LogP contribution in [-0.2, 0) is 5.41 Å². The molecule has 5 aromatic rings. The quantitative estimate of drug-likeness (QED) is 0.105. The Bertz CT molecular complexity index is 1650. The summed E-state index contributed by atoms with van der Waals surface area (Å²) in [7, 11) is 0. The highest BCUT2D eigenvalue weighted by Gasteiger charge is 2.31. The molecule has 0 aliphatic heterocycles. The number of nitrogens with zero attached hydrogens (tertiary/aromatic N) is 2. The summed E-state index contributed by atoms with van der Waals surface area (Å²) in [5.41, 5.74) is 1.56. The zero-order valence-electron chi connectivity index (χ0n) is 22.2. The highest BCUT2D eigenvalue weighted by molar-refractivity contribution is 5.54. The molecule has 5 rings (SSSR count). The molecule has 0 bridgehead atoms. The first kappa shape index (κ1) is 27.7. The van der Waals surface area contributed by atoms with Crippen molar-refractivity contribution in [1.82, 2.24) is 0 Å². The first-order chi connectivity index (χ1) is 20.1. The van der Waals surface area contributed by atoms with Crippen LogP contribution < -0.4 is 9.47 Å². The monoisotopic (exact) mass is 564 g/mol. The Morgan fingerprint density at radius 1 is 0.548 bits per heavy atom. The lowest BCUT2D eigenvalue weighted by Crippen LogP contribution is -2.25. The molecule has 0 aliphatic rings. The number of phenols is 2. The molecule has 0 saturated carbocycles. The molecule has 0 aromatic heterocycles. The van der Waals surface area contributed by atoms with Gasteiger partial charge in [0.25, 0.3) is 0 Å². The maximum Gasteiger partial charge on any atom is 0.310 e. The van der Waals surface area contributed by atoms with Crippen molar-refractivity contribution in [3.05, 3.63) is 152 Å². The molecule has 0 aliphatic carbocycles. The van der Waals surface area contributed by atoms with Crippen molar-refractivity contribution in [1.29, 1.82) is 0 Å². The Morgan fingerprint density at radius 2 is 0.905 bits per heavy atom. The van der Waals surface area contributed by atoms with E-state index in [0.29, 0.717) is 11.5 Å². The van der Waals surface area contributed by atoms with Crippen molar-refractivity contribution in [3.8, 4) is 34.5 Å². The lowest BCUT2D eigenvalue weighted by Gasteiger charge is -2.32. The fraction of sp³-hybridized carbons (Fsp3) is 0.0625. The van der Waals surface area contributed by atoms with Gasteiger partial charge in [-0.05, 0) is 60.0 Å². The minimum atomic E-state index is -0.669. The second-order valence-electron chi connectivity index (χ2n) is 9.56. The van der Waals surface area contributed by atoms with Gasteiger partial charge in [-0.2, -0.15) is 0 Å². The van der Waals surface area contributed by atoms with Crippen molar-refractivity contribution in [2.45, 2.75) is 12.3 Å². The molecule has 0 fully saturated rings. The molecule has 10 heteroatoms. The lowest BCUT2D eigenvalue weighted by molar-refractivity contribution is -0.386. The summed E-state index contributed by atoms with van der Waals surface area (Å²) in [6.45, 7) is 2.09. The van der Waals surface area contributed by atoms with Crippen LogP contribution in [0.25, 0.3) is 0 Å². The third kappa shape index (κ3) is 5.54. The Morgan fingerprint density at radius 3 is 1.26 bits per heavy atom. The molecule has 2 N–H and O–H groups in total. The van der Waals surface area contributed by atoms with Crippen LogP contribution in [-0.4, -0.2) is 20.1 Å². The van der Waals surface area contributed by atoms with Gasteiger partial charge in [0, 0.05) is 29.7 Å². The topological polar surface area (TPSA) is 145 Å². The smallest absolute Gasteiger partial charge is 0.310 e. The van der Waals surface area contributed by atoms with E-state index in [0.717, 1.165) is 16.7 Å². The number of aromatic hydroxyl groups is 2. The standard InChI is InChI=1S/C32H24N2O8/c1-32(21-5-3-2-4-6-21,22-7-11-24(12-8-22)41-26-15-17-28(33(37)38)30(35)19-26)23-9-13-25(14-10-23)42-27-16-18-29(34(39)40)31(36)20-27/h2-20,35-36H,1H3. The zero-order valence-corrected chi connectivity index (χ0v) is 22.2. The molecule has 5 aromatic carbocycles. The highest BCUT2D eigenvalue weighted by Crippen LogP contribution is 2.41. The second-order valence-corrected chi connectivity index (χ2v) is 9.56. The normalized spacial score (nSPS) is 11.1. The molecular formula is C32H24N2O8. The van der Waals surface area contributed by atoms with Crippen molar-refractivity contribution >= 4 is 11.4 Å². The number of rotatable bonds is 9. The molecule has 42 heavy (non-hydrogen) atoms. The summed E-state index contributed by atoms with van der Waals surface area (Å²) >= 11 is 0. The van der Waals surface area contributed by atoms with Crippen LogP contribution in [0.15, 0.2) is 115 Å². The van der Waals surface area contributed by atoms with Crippen molar-refractivity contribution in [2.75, 3.05) is 0 Å². The molecule has 0 unspecified atom stereocenters. The summed E-state index contributed by atoms with van der Waals surface area (Å²) in [5, 5.41) is 41.8. The average Bonchev–Trinajstić information content (AvgIpc) is 2.98. The fourth-order valence-electron chi connectivity index (χ4n) is 4.70. The Hall–Kier alpha value is -5.90. The molecule has 0 saturated heterocycles. The summed E-state index contributed by atoms with van der Waals surface area (Å²) in [6, 6.07) is 32.4. The number of hydrogen-bond acceptors (Lipinski definition) is 8. The predicted molar refractivity (Wildman–Crippen MR) is 155 cm³/mol. The van der Waals surface area contributed by atoms with Gasteiger partial charge in [-0.3, -0.25) is 20.2 Å². The van der Waals surface area contributed by atoms with Crippen molar-refractivity contribution < 1.29 is 29.5 Å². The van der Waals surface area contributed by atoms with E-state index in [1.165, 1.54) is 36.4 Å². The number of phenolic OH excluding ortho intramolecular Hbond substituents is 2. The fourth-order valence-corrected chi connectivity index (χ4v) is 4.70. The Kier molecular flexibility index (Phi) is 7.44. The van der Waals surface area contributed by atoms with E-state index in [4.69, 9.17) is 9.47 Å². The van der Waals surface area contributed by atoms with Crippen LogP contribution in [0, 0.1) is 20.2 Å². The van der Waals surface area contributed by atoms with Crippen LogP contribution >= 0.6 is 0 Å². The third-order valence-corrected chi connectivity index (χ3v) is 6.97. The van der Waals surface area contributed by atoms with E-state index in [2.05, 4.69) is 6.92 Å². The van der Waals surface area contributed by atoms with Gasteiger partial charge in [0.15, 0.2) is 11.5 Å². The molecule has 0 amide bonds. The van der Waals surface area contributed by atoms with Gasteiger partial charge in [-0.15, -0.1) is 0 Å². The van der Waals surface area contributed by atoms with Gasteiger partial charge >= 0.3 is 11.4 Å². The van der Waals surface area contributed by atoms with E-state index in [1.807, 2.05) is 54.6 Å². The number of nitro benzene ring substituents is 2. The summed E-state index contributed by atoms with van der Waals surface area (Å²) in [6.07, 6.45) is 0. The largest absolute Gasteiger partial charge is 0.502 e. The number of benzene rings is 5. The number of hydrogen-bond donors (Lipinski definition) is 2. The van der Waals surface area contributed by atoms with E-state index in [9.17, 15) is 30.4 Å². The maximum atomic E-state index is 11.0. The van der Waals surface area contributed by atoms with E-state index < -0.39 is 38.1 Å². The molecular weight excluding hydrogens is 540 g/mol. The zero-order chi connectivity index (χ0) is 29.9. The van der Waals surface area contributed by atoms with Gasteiger partial charge in [0.05, 0.1) is 9.85 Å².